The van der Waals surface area contributed by atoms with E-state index in [4.69, 9.17) is 80.5 Å². The van der Waals surface area contributed by atoms with Gasteiger partial charge in [0.2, 0.25) is 93.9 Å². The number of ether oxygens (including phenoxy) is 18. The Morgan fingerprint density at radius 3 is 0.957 bits per heavy atom. The van der Waals surface area contributed by atoms with E-state index >= 15 is 0 Å². The standard InChI is InChI=1S/C88H131F5N10O37/c1-49(104)100-77-61(132-55(7)110)42-60(43-129-52(4)107)137-85(77)126-36-15-12-22-64(115)94-30-19-33-97-67(118)27-39-123-46-88(103-70(121)25-18-26-71(122)140-82-75(92)73(90)72(89)74(91)76(82)93,47-124-40-28-68(119)98-34-20-31-95-65(116)23-13-16-37-127-86-78(101-50(2)105)83(135-58(10)113)80(133-56(8)111)62(138-86)44-130-53(5)108)48-125-41-29-69(120)99-35-21-32-96-66(117)24-14-17-38-128-87-79(102-51(3)106)84(136-59(11)114)81(134-57(9)112)63(139-87)45-131-54(6)109/h60-63,77-81,83-87H,12-48H2,1-11H3,(H,94,115)(H,95,116)(H,96,117)(H,97,118)(H,98,119)(H,99,120)(H,100,104)(H,101,105)(H,102,106)(H,103,121)/t60?,61?,62?,63?,77-,78-,79-,80-,81-,83?,84?,85+,86+,87+,88?/m0/s1. The summed E-state index contributed by atoms with van der Waals surface area (Å²) in [5.74, 6) is -26.6. The van der Waals surface area contributed by atoms with E-state index in [0.717, 1.165) is 41.5 Å². The minimum Gasteiger partial charge on any atom is -0.463 e. The first kappa shape index (κ1) is 121. The molecule has 3 fully saturated rings. The first-order chi connectivity index (χ1) is 66.4. The molecule has 1 aromatic rings. The normalized spacial score (nSPS) is 20.7. The van der Waals surface area contributed by atoms with Crippen LogP contribution in [0.2, 0.25) is 0 Å². The van der Waals surface area contributed by atoms with Gasteiger partial charge in [0.15, 0.2) is 43.3 Å². The fraction of sp³-hybridized carbons (Fsp3) is 0.716. The minimum atomic E-state index is -2.52. The zero-order chi connectivity index (χ0) is 104. The molecule has 1 aromatic carbocycles. The lowest BCUT2D eigenvalue weighted by atomic mass is 9.96. The first-order valence-corrected chi connectivity index (χ1v) is 45.6. The smallest absolute Gasteiger partial charge is 0.311 e. The molecular formula is C88H131F5N10O37. The quantitative estimate of drug-likeness (QED) is 0.00802. The van der Waals surface area contributed by atoms with Crippen LogP contribution in [0.5, 0.6) is 5.75 Å². The molecule has 3 aliphatic rings. The van der Waals surface area contributed by atoms with Crippen molar-refractivity contribution in [1.29, 1.82) is 0 Å². The van der Waals surface area contributed by atoms with Gasteiger partial charge in [0.1, 0.15) is 61.8 Å². The van der Waals surface area contributed by atoms with Crippen LogP contribution in [0.15, 0.2) is 0 Å². The van der Waals surface area contributed by atoms with Gasteiger partial charge in [-0.2, -0.15) is 8.78 Å². The van der Waals surface area contributed by atoms with Crippen molar-refractivity contribution in [2.24, 2.45) is 0 Å². The molecular weight excluding hydrogens is 1880 g/mol. The molecule has 0 radical (unpaired) electrons. The van der Waals surface area contributed by atoms with Gasteiger partial charge in [-0.15, -0.1) is 0 Å². The Morgan fingerprint density at radius 1 is 0.314 bits per heavy atom. The van der Waals surface area contributed by atoms with Crippen LogP contribution in [-0.4, -0.2) is 323 Å². The number of carbonyl (C=O) groups excluding carboxylic acids is 19. The predicted octanol–water partition coefficient (Wildman–Crippen LogP) is 0.388. The molecule has 3 aliphatic heterocycles. The topological polar surface area (TPSA) is 611 Å². The second-order valence-corrected chi connectivity index (χ2v) is 32.6. The largest absolute Gasteiger partial charge is 0.463 e. The summed E-state index contributed by atoms with van der Waals surface area (Å²) in [6.45, 7) is 9.31. The molecule has 52 heteroatoms. The number of hydrogen-bond acceptors (Lipinski definition) is 37. The van der Waals surface area contributed by atoms with Crippen LogP contribution in [0, 0.1) is 29.1 Å². The molecule has 3 heterocycles. The summed E-state index contributed by atoms with van der Waals surface area (Å²) in [6, 6.07) is -3.33. The third-order valence-corrected chi connectivity index (χ3v) is 20.2. The van der Waals surface area contributed by atoms with Crippen molar-refractivity contribution >= 4 is 113 Å². The average Bonchev–Trinajstić information content (AvgIpc) is 0.792. The van der Waals surface area contributed by atoms with Gasteiger partial charge in [0, 0.05) is 193 Å². The van der Waals surface area contributed by atoms with Crippen molar-refractivity contribution < 1.29 is 198 Å². The second kappa shape index (κ2) is 65.4. The number of halogens is 5. The summed E-state index contributed by atoms with van der Waals surface area (Å²) in [4.78, 5) is 238. The zero-order valence-electron chi connectivity index (χ0n) is 80.2. The van der Waals surface area contributed by atoms with Crippen LogP contribution >= 0.6 is 0 Å². The molecule has 0 saturated carbocycles. The van der Waals surface area contributed by atoms with Crippen molar-refractivity contribution in [3.63, 3.8) is 0 Å². The summed E-state index contributed by atoms with van der Waals surface area (Å²) < 4.78 is 172. The molecule has 4 rings (SSSR count). The maximum atomic E-state index is 14.5. The fourth-order valence-corrected chi connectivity index (χ4v) is 14.0. The van der Waals surface area contributed by atoms with Crippen molar-refractivity contribution in [2.75, 3.05) is 119 Å². The maximum absolute atomic E-state index is 14.5. The van der Waals surface area contributed by atoms with Crippen molar-refractivity contribution in [1.82, 2.24) is 53.2 Å². The van der Waals surface area contributed by atoms with Gasteiger partial charge in [-0.25, -0.2) is 13.2 Å². The van der Waals surface area contributed by atoms with Crippen LogP contribution in [0.1, 0.15) is 198 Å². The van der Waals surface area contributed by atoms with Crippen molar-refractivity contribution in [3.05, 3.63) is 29.1 Å². The number of esters is 9. The molecule has 10 N–H and O–H groups in total. The van der Waals surface area contributed by atoms with E-state index in [1.807, 2.05) is 0 Å². The van der Waals surface area contributed by atoms with E-state index in [1.165, 1.54) is 34.6 Å². The number of rotatable bonds is 65. The Hall–Kier alpha value is -11.6. The highest BCUT2D eigenvalue weighted by Gasteiger charge is 2.54. The molecule has 3 saturated heterocycles. The summed E-state index contributed by atoms with van der Waals surface area (Å²) in [5, 5.41) is 26.8. The van der Waals surface area contributed by atoms with Crippen LogP contribution < -0.4 is 57.9 Å². The summed E-state index contributed by atoms with van der Waals surface area (Å²) in [7, 11) is 0. The third kappa shape index (κ3) is 48.5. The molecule has 10 amide bonds. The lowest BCUT2D eigenvalue weighted by Gasteiger charge is -2.44. The van der Waals surface area contributed by atoms with Crippen molar-refractivity contribution in [3.8, 4) is 5.75 Å². The third-order valence-electron chi connectivity index (χ3n) is 20.2. The molecule has 0 bridgehead atoms. The minimum absolute atomic E-state index is 0.00878. The van der Waals surface area contributed by atoms with E-state index in [9.17, 15) is 113 Å². The highest BCUT2D eigenvalue weighted by Crippen LogP contribution is 2.33. The van der Waals surface area contributed by atoms with Crippen LogP contribution in [0.4, 0.5) is 22.0 Å². The summed E-state index contributed by atoms with van der Waals surface area (Å²) in [6.07, 6.45) is -13.4. The predicted molar refractivity (Wildman–Crippen MR) is 465 cm³/mol. The van der Waals surface area contributed by atoms with Gasteiger partial charge >= 0.3 is 53.7 Å². The van der Waals surface area contributed by atoms with E-state index in [0.29, 0.717) is 12.8 Å². The van der Waals surface area contributed by atoms with Gasteiger partial charge in [-0.05, 0) is 64.2 Å². The number of nitrogens with one attached hydrogen (secondary N) is 10. The average molecular weight is 2020 g/mol. The Balaban J connectivity index is 1.39. The van der Waals surface area contributed by atoms with E-state index in [2.05, 4.69) is 57.9 Å². The number of hydrogen-bond donors (Lipinski definition) is 10. The molecule has 0 aliphatic carbocycles. The Labute approximate surface area is 804 Å². The van der Waals surface area contributed by atoms with E-state index in [-0.39, 0.29) is 193 Å². The lowest BCUT2D eigenvalue weighted by Crippen LogP contribution is -2.66. The second-order valence-electron chi connectivity index (χ2n) is 32.6. The van der Waals surface area contributed by atoms with E-state index in [1.54, 1.807) is 0 Å². The van der Waals surface area contributed by atoms with Gasteiger partial charge in [-0.1, -0.05) is 0 Å². The molecule has 6 unspecified atom stereocenters. The number of amides is 10. The van der Waals surface area contributed by atoms with E-state index < -0.39 is 274 Å². The number of unbranched alkanes of at least 4 members (excludes halogenated alkanes) is 3. The first-order valence-electron chi connectivity index (χ1n) is 45.6. The highest BCUT2D eigenvalue weighted by molar-refractivity contribution is 5.81. The summed E-state index contributed by atoms with van der Waals surface area (Å²) in [5.41, 5.74) is -1.80. The lowest BCUT2D eigenvalue weighted by molar-refractivity contribution is -0.277. The zero-order valence-corrected chi connectivity index (χ0v) is 80.2. The number of benzene rings is 1. The molecule has 0 aromatic heterocycles. The van der Waals surface area contributed by atoms with Gasteiger partial charge in [0.05, 0.1) is 45.7 Å². The van der Waals surface area contributed by atoms with Crippen LogP contribution in [0.25, 0.3) is 0 Å². The molecule has 140 heavy (non-hydrogen) atoms. The monoisotopic (exact) mass is 2010 g/mol. The number of carbonyl (C=O) groups is 19. The van der Waals surface area contributed by atoms with Crippen LogP contribution in [-0.2, 0) is 172 Å². The Bertz CT molecular complexity index is 4100. The van der Waals surface area contributed by atoms with Gasteiger partial charge < -0.3 is 138 Å². The molecule has 0 spiro atoms. The summed E-state index contributed by atoms with van der Waals surface area (Å²) >= 11 is 0. The molecule has 790 valence electrons. The van der Waals surface area contributed by atoms with Gasteiger partial charge in [0.25, 0.3) is 0 Å². The Kier molecular flexibility index (Phi) is 56.4. The van der Waals surface area contributed by atoms with Crippen molar-refractivity contribution in [2.45, 2.75) is 290 Å². The molecule has 14 atom stereocenters. The Morgan fingerprint density at radius 2 is 0.621 bits per heavy atom. The molecule has 47 nitrogen and oxygen atoms in total. The highest BCUT2D eigenvalue weighted by atomic mass is 19.2. The maximum Gasteiger partial charge on any atom is 0.311 e. The van der Waals surface area contributed by atoms with Crippen LogP contribution in [0.3, 0.4) is 0 Å². The fourth-order valence-electron chi connectivity index (χ4n) is 14.0. The SMILES string of the molecule is CC(=O)N[C@H]1C(OC(C)=O)CC(COC(C)=O)O[C@H]1OCCCCC(=O)NCCCNC(=O)CCOCC(COCCC(=O)NCCCNC(=O)CCCCO[C@@H]1OC(COC(C)=O)[C@H](OC(C)=O)C(OC(C)=O)[C@@H]1NC(C)=O)(COCCC(=O)NCCCNC(=O)CCCCO[C@@H]1OC(COC(C)=O)[C@H](OC(C)=O)C(OC(C)=O)[C@@H]1NC(C)=O)NC(=O)CCCC(=O)Oc1c(F)c(F)c(F)c(F)c1F. The van der Waals surface area contributed by atoms with Gasteiger partial charge in [-0.3, -0.25) is 91.1 Å².